The van der Waals surface area contributed by atoms with Crippen LogP contribution in [0.25, 0.3) is 21.8 Å². The van der Waals surface area contributed by atoms with Gasteiger partial charge in [-0.25, -0.2) is 0 Å². The van der Waals surface area contributed by atoms with Crippen LogP contribution in [0.1, 0.15) is 49.9 Å². The highest BCUT2D eigenvalue weighted by Gasteiger charge is 2.15. The van der Waals surface area contributed by atoms with E-state index in [1.54, 1.807) is 0 Å². The fourth-order valence-electron chi connectivity index (χ4n) is 4.94. The van der Waals surface area contributed by atoms with E-state index in [0.29, 0.717) is 0 Å². The minimum atomic E-state index is 0. The van der Waals surface area contributed by atoms with Gasteiger partial charge in [-0.1, -0.05) is 36.4 Å². The van der Waals surface area contributed by atoms with Gasteiger partial charge in [-0.05, 0) is 37.8 Å². The number of para-hydroxylation sites is 2. The molecule has 0 atom stereocenters. The lowest BCUT2D eigenvalue weighted by molar-refractivity contribution is -0.678. The molecule has 0 fully saturated rings. The van der Waals surface area contributed by atoms with Crippen molar-refractivity contribution in [2.75, 3.05) is 11.5 Å². The topological polar surface area (TPSA) is 59.8 Å². The summed E-state index contributed by atoms with van der Waals surface area (Å²) in [5.74, 6) is 0. The molecule has 192 valence electrons. The molecule has 2 aromatic carbocycles. The Morgan fingerprint density at radius 3 is 1.42 bits per heavy atom. The Kier molecular flexibility index (Phi) is 12.4. The minimum absolute atomic E-state index is 0. The van der Waals surface area contributed by atoms with Gasteiger partial charge in [0.1, 0.15) is 13.1 Å². The summed E-state index contributed by atoms with van der Waals surface area (Å²) in [5.41, 5.74) is 19.1. The number of allylic oxidation sites excluding steroid dienone is 2. The summed E-state index contributed by atoms with van der Waals surface area (Å²) in [6, 6.07) is 21.0. The molecular weight excluding hydrogens is 670 g/mol. The van der Waals surface area contributed by atoms with Gasteiger partial charge >= 0.3 is 0 Å². The van der Waals surface area contributed by atoms with E-state index >= 15 is 0 Å². The number of anilines is 2. The zero-order chi connectivity index (χ0) is 23.9. The van der Waals surface area contributed by atoms with Crippen LogP contribution in [0.2, 0.25) is 0 Å². The number of hydrogen-bond acceptors (Lipinski definition) is 2. The molecule has 0 unspecified atom stereocenters. The number of aromatic nitrogens is 2. The van der Waals surface area contributed by atoms with Crippen LogP contribution in [0.4, 0.5) is 11.4 Å². The van der Waals surface area contributed by atoms with Crippen LogP contribution in [-0.4, -0.2) is 0 Å². The molecule has 4 aromatic rings. The third kappa shape index (κ3) is 7.31. The smallest absolute Gasteiger partial charge is 0.214 e. The van der Waals surface area contributed by atoms with E-state index in [1.807, 2.05) is 0 Å². The molecule has 0 saturated carbocycles. The molecule has 0 amide bonds. The summed E-state index contributed by atoms with van der Waals surface area (Å²) >= 11 is 0. The van der Waals surface area contributed by atoms with Gasteiger partial charge < -0.3 is 59.4 Å². The zero-order valence-electron chi connectivity index (χ0n) is 21.4. The highest BCUT2D eigenvalue weighted by molar-refractivity contribution is 5.88. The van der Waals surface area contributed by atoms with Gasteiger partial charge in [-0.2, -0.15) is 9.13 Å². The van der Waals surface area contributed by atoms with Gasteiger partial charge in [0.05, 0.1) is 22.1 Å². The Hall–Kier alpha value is -1.94. The summed E-state index contributed by atoms with van der Waals surface area (Å²) in [6.45, 7) is 6.37. The van der Waals surface area contributed by atoms with Crippen molar-refractivity contribution >= 4 is 33.2 Å². The average molecular weight is 708 g/mol. The SMILES string of the molecule is Cc1cc(N)c2ccccc2[n+]1CCCC/C=C/CCCC[n+]1c(C)cc(N)c2ccccc21.[I-].[I-]. The van der Waals surface area contributed by atoms with Gasteiger partial charge in [0, 0.05) is 51.0 Å². The van der Waals surface area contributed by atoms with Crippen LogP contribution in [0.5, 0.6) is 0 Å². The number of aryl methyl sites for hydroxylation is 4. The molecule has 0 bridgehead atoms. The van der Waals surface area contributed by atoms with Gasteiger partial charge in [0.15, 0.2) is 11.4 Å². The molecule has 4 nitrogen and oxygen atoms in total. The second kappa shape index (κ2) is 14.7. The maximum Gasteiger partial charge on any atom is 0.214 e. The Morgan fingerprint density at radius 2 is 1.00 bits per heavy atom. The fourth-order valence-corrected chi connectivity index (χ4v) is 4.94. The Balaban J connectivity index is 0.00000228. The molecule has 2 heterocycles. The summed E-state index contributed by atoms with van der Waals surface area (Å²) in [5, 5.41) is 2.29. The van der Waals surface area contributed by atoms with Crippen LogP contribution in [-0.2, 0) is 13.1 Å². The number of halogens is 2. The average Bonchev–Trinajstić information content (AvgIpc) is 2.83. The van der Waals surface area contributed by atoms with Crippen LogP contribution in [0.3, 0.4) is 0 Å². The number of nitrogen functional groups attached to an aromatic ring is 2. The van der Waals surface area contributed by atoms with E-state index in [2.05, 4.69) is 95.8 Å². The van der Waals surface area contributed by atoms with Crippen molar-refractivity contribution < 1.29 is 57.1 Å². The monoisotopic (exact) mass is 708 g/mol. The zero-order valence-corrected chi connectivity index (χ0v) is 25.7. The molecule has 4 N–H and O–H groups in total. The third-order valence-corrected chi connectivity index (χ3v) is 6.76. The maximum atomic E-state index is 6.21. The molecular formula is C30H38I2N4. The summed E-state index contributed by atoms with van der Waals surface area (Å²) in [6.07, 6.45) is 11.7. The first kappa shape index (κ1) is 30.3. The van der Waals surface area contributed by atoms with Crippen molar-refractivity contribution in [1.82, 2.24) is 0 Å². The van der Waals surface area contributed by atoms with E-state index in [0.717, 1.165) is 48.1 Å². The molecule has 4 rings (SSSR count). The lowest BCUT2D eigenvalue weighted by atomic mass is 10.1. The summed E-state index contributed by atoms with van der Waals surface area (Å²) in [4.78, 5) is 0. The van der Waals surface area contributed by atoms with E-state index < -0.39 is 0 Å². The summed E-state index contributed by atoms with van der Waals surface area (Å²) in [7, 11) is 0. The molecule has 0 radical (unpaired) electrons. The number of fused-ring (bicyclic) bond motifs is 2. The predicted molar refractivity (Wildman–Crippen MR) is 143 cm³/mol. The largest absolute Gasteiger partial charge is 1.00 e. The molecule has 36 heavy (non-hydrogen) atoms. The first-order chi connectivity index (χ1) is 16.6. The second-order valence-electron chi connectivity index (χ2n) is 9.28. The molecule has 0 saturated heterocycles. The van der Waals surface area contributed by atoms with E-state index in [1.165, 1.54) is 48.1 Å². The second-order valence-corrected chi connectivity index (χ2v) is 9.28. The van der Waals surface area contributed by atoms with Crippen molar-refractivity contribution in [2.45, 2.75) is 65.5 Å². The highest BCUT2D eigenvalue weighted by Crippen LogP contribution is 2.20. The highest BCUT2D eigenvalue weighted by atomic mass is 127. The fraction of sp³-hybridized carbons (Fsp3) is 0.333. The normalized spacial score (nSPS) is 11.1. The van der Waals surface area contributed by atoms with Crippen LogP contribution >= 0.6 is 0 Å². The number of nitrogens with two attached hydrogens (primary N) is 2. The van der Waals surface area contributed by atoms with Gasteiger partial charge in [-0.3, -0.25) is 0 Å². The molecule has 6 heteroatoms. The lowest BCUT2D eigenvalue weighted by Crippen LogP contribution is -3.00. The number of pyridine rings is 2. The van der Waals surface area contributed by atoms with Crippen LogP contribution in [0, 0.1) is 13.8 Å². The molecule has 0 spiro atoms. The first-order valence-electron chi connectivity index (χ1n) is 12.6. The van der Waals surface area contributed by atoms with Crippen LogP contribution < -0.4 is 68.6 Å². The van der Waals surface area contributed by atoms with Crippen LogP contribution in [0.15, 0.2) is 72.8 Å². The van der Waals surface area contributed by atoms with Crippen molar-refractivity contribution in [2.24, 2.45) is 0 Å². The van der Waals surface area contributed by atoms with E-state index in [4.69, 9.17) is 11.5 Å². The Bertz CT molecular complexity index is 1220. The maximum absolute atomic E-state index is 6.21. The number of hydrogen-bond donors (Lipinski definition) is 2. The lowest BCUT2D eigenvalue weighted by Gasteiger charge is -2.07. The number of unbranched alkanes of at least 4 members (excludes halogenated alkanes) is 4. The van der Waals surface area contributed by atoms with Gasteiger partial charge in [0.25, 0.3) is 0 Å². The van der Waals surface area contributed by atoms with E-state index in [9.17, 15) is 0 Å². The first-order valence-corrected chi connectivity index (χ1v) is 12.6. The minimum Gasteiger partial charge on any atom is -1.00 e. The number of rotatable bonds is 10. The third-order valence-electron chi connectivity index (χ3n) is 6.76. The van der Waals surface area contributed by atoms with Crippen molar-refractivity contribution in [3.8, 4) is 0 Å². The van der Waals surface area contributed by atoms with E-state index in [-0.39, 0.29) is 48.0 Å². The molecule has 2 aromatic heterocycles. The quantitative estimate of drug-likeness (QED) is 0.105. The molecule has 0 aliphatic heterocycles. The van der Waals surface area contributed by atoms with Crippen molar-refractivity contribution in [1.29, 1.82) is 0 Å². The number of nitrogens with zero attached hydrogens (tertiary/aromatic N) is 2. The van der Waals surface area contributed by atoms with Gasteiger partial charge in [-0.15, -0.1) is 0 Å². The molecule has 0 aliphatic carbocycles. The molecule has 0 aliphatic rings. The Morgan fingerprint density at radius 1 is 0.611 bits per heavy atom. The van der Waals surface area contributed by atoms with Crippen molar-refractivity contribution in [3.05, 3.63) is 84.2 Å². The Labute approximate surface area is 249 Å². The predicted octanol–water partition coefficient (Wildman–Crippen LogP) is -0.0458. The standard InChI is InChI=1S/C30H36N4.2HI/c1-23-21-27(31)25-15-9-11-17-29(25)33(23)19-13-7-5-3-4-6-8-14-20-34-24(2)22-28(32)26-16-10-12-18-30(26)34;;/h3-4,9-12,15-18,21-22,31-32H,5-8,13-14,19-20H2,1-2H3;2*1H/b4-3+;;. The summed E-state index contributed by atoms with van der Waals surface area (Å²) < 4.78 is 4.80. The van der Waals surface area contributed by atoms with Crippen molar-refractivity contribution in [3.63, 3.8) is 0 Å². The number of benzene rings is 2. The van der Waals surface area contributed by atoms with Gasteiger partial charge in [0.2, 0.25) is 11.0 Å².